The quantitative estimate of drug-likeness (QED) is 0.537. The van der Waals surface area contributed by atoms with Crippen molar-refractivity contribution in [3.63, 3.8) is 0 Å². The van der Waals surface area contributed by atoms with Gasteiger partial charge in [0.25, 0.3) is 0 Å². The summed E-state index contributed by atoms with van der Waals surface area (Å²) in [5.74, 6) is -0.794. The van der Waals surface area contributed by atoms with E-state index >= 15 is 0 Å². The van der Waals surface area contributed by atoms with Crippen molar-refractivity contribution < 1.29 is 18.3 Å². The van der Waals surface area contributed by atoms with Crippen LogP contribution >= 0.6 is 0 Å². The maximum absolute atomic E-state index is 14.8. The molecule has 3 aromatic carbocycles. The molecule has 0 aromatic heterocycles. The van der Waals surface area contributed by atoms with Crippen LogP contribution in [0.3, 0.4) is 0 Å². The number of hydrogen-bond acceptors (Lipinski definition) is 4. The number of carbonyl (C=O) groups is 1. The van der Waals surface area contributed by atoms with E-state index in [2.05, 4.69) is 10.6 Å². The fraction of sp³-hybridized carbons (Fsp3) is 0.192. The van der Waals surface area contributed by atoms with Gasteiger partial charge in [0.1, 0.15) is 17.4 Å². The van der Waals surface area contributed by atoms with Gasteiger partial charge in [-0.2, -0.15) is 0 Å². The van der Waals surface area contributed by atoms with Gasteiger partial charge in [0, 0.05) is 17.7 Å². The maximum Gasteiger partial charge on any atom is 0.163 e. The molecule has 0 fully saturated rings. The Morgan fingerprint density at radius 3 is 2.25 bits per heavy atom. The molecule has 0 saturated carbocycles. The standard InChI is InChI=1S/C26H22F2N2O2/c1-32-17-11-9-15(10-12-17)16-13-22-25(23(31)14-16)26(24-18(27)5-4-6-19(24)28)30-21-8-3-2-7-20(21)29-22/h2-12,16,26,29-30H,13-14H2,1H3/t16-,26-/m0/s1. The number of allylic oxidation sites excluding steroid dienone is 1. The van der Waals surface area contributed by atoms with Gasteiger partial charge in [0.2, 0.25) is 0 Å². The molecule has 1 heterocycles. The van der Waals surface area contributed by atoms with Crippen LogP contribution in [0.25, 0.3) is 0 Å². The lowest BCUT2D eigenvalue weighted by Gasteiger charge is -2.30. The average Bonchev–Trinajstić information content (AvgIpc) is 2.96. The molecule has 3 aromatic rings. The molecule has 4 nitrogen and oxygen atoms in total. The number of rotatable bonds is 3. The summed E-state index contributed by atoms with van der Waals surface area (Å²) in [5, 5.41) is 6.60. The predicted octanol–water partition coefficient (Wildman–Crippen LogP) is 5.95. The van der Waals surface area contributed by atoms with Crippen LogP contribution < -0.4 is 15.4 Å². The minimum atomic E-state index is -0.924. The number of halogens is 2. The fourth-order valence-corrected chi connectivity index (χ4v) is 4.61. The topological polar surface area (TPSA) is 50.4 Å². The van der Waals surface area contributed by atoms with E-state index in [9.17, 15) is 13.6 Å². The Kier molecular flexibility index (Phi) is 5.13. The largest absolute Gasteiger partial charge is 0.497 e. The highest BCUT2D eigenvalue weighted by Gasteiger charge is 2.38. The van der Waals surface area contributed by atoms with E-state index in [0.29, 0.717) is 23.4 Å². The Balaban J connectivity index is 1.62. The molecule has 0 saturated heterocycles. The van der Waals surface area contributed by atoms with Gasteiger partial charge in [-0.05, 0) is 54.3 Å². The van der Waals surface area contributed by atoms with Crippen LogP contribution in [-0.2, 0) is 4.79 Å². The molecule has 0 amide bonds. The Bertz CT molecular complexity index is 1200. The van der Waals surface area contributed by atoms with E-state index in [4.69, 9.17) is 4.74 Å². The molecule has 2 aliphatic rings. The van der Waals surface area contributed by atoms with Crippen LogP contribution in [0, 0.1) is 11.6 Å². The third kappa shape index (κ3) is 3.51. The first-order chi connectivity index (χ1) is 15.5. The summed E-state index contributed by atoms with van der Waals surface area (Å²) < 4.78 is 34.8. The summed E-state index contributed by atoms with van der Waals surface area (Å²) in [6.45, 7) is 0. The van der Waals surface area contributed by atoms with Crippen molar-refractivity contribution in [3.05, 3.63) is 101 Å². The minimum Gasteiger partial charge on any atom is -0.497 e. The predicted molar refractivity (Wildman–Crippen MR) is 120 cm³/mol. The van der Waals surface area contributed by atoms with Gasteiger partial charge >= 0.3 is 0 Å². The summed E-state index contributed by atoms with van der Waals surface area (Å²) in [6, 6.07) is 17.9. The lowest BCUT2D eigenvalue weighted by atomic mass is 9.78. The molecule has 1 aliphatic heterocycles. The van der Waals surface area contributed by atoms with Crippen molar-refractivity contribution in [2.75, 3.05) is 17.7 Å². The zero-order chi connectivity index (χ0) is 22.2. The monoisotopic (exact) mass is 432 g/mol. The van der Waals surface area contributed by atoms with Crippen molar-refractivity contribution in [2.45, 2.75) is 24.8 Å². The summed E-state index contributed by atoms with van der Waals surface area (Å²) in [4.78, 5) is 13.4. The van der Waals surface area contributed by atoms with Crippen LogP contribution in [0.4, 0.5) is 20.2 Å². The molecule has 0 spiro atoms. The molecular formula is C26H22F2N2O2. The highest BCUT2D eigenvalue weighted by Crippen LogP contribution is 2.45. The van der Waals surface area contributed by atoms with Crippen LogP contribution in [0.1, 0.15) is 35.9 Å². The highest BCUT2D eigenvalue weighted by atomic mass is 19.1. The van der Waals surface area contributed by atoms with Crippen molar-refractivity contribution in [1.82, 2.24) is 0 Å². The number of hydrogen-bond donors (Lipinski definition) is 2. The van der Waals surface area contributed by atoms with E-state index in [0.717, 1.165) is 17.0 Å². The molecular weight excluding hydrogens is 410 g/mol. The second kappa shape index (κ2) is 8.11. The van der Waals surface area contributed by atoms with Gasteiger partial charge in [-0.3, -0.25) is 4.79 Å². The third-order valence-corrected chi connectivity index (χ3v) is 6.18. The normalized spacial score (nSPS) is 19.9. The van der Waals surface area contributed by atoms with Crippen molar-refractivity contribution in [3.8, 4) is 5.75 Å². The van der Waals surface area contributed by atoms with Crippen LogP contribution in [0.5, 0.6) is 5.75 Å². The molecule has 32 heavy (non-hydrogen) atoms. The van der Waals surface area contributed by atoms with Crippen LogP contribution in [0.15, 0.2) is 78.0 Å². The third-order valence-electron chi connectivity index (χ3n) is 6.18. The number of para-hydroxylation sites is 2. The number of benzene rings is 3. The van der Waals surface area contributed by atoms with Gasteiger partial charge in [-0.15, -0.1) is 0 Å². The number of nitrogens with one attached hydrogen (secondary N) is 2. The zero-order valence-electron chi connectivity index (χ0n) is 17.5. The van der Waals surface area contributed by atoms with Crippen molar-refractivity contribution >= 4 is 17.2 Å². The summed E-state index contributed by atoms with van der Waals surface area (Å²) in [6.07, 6.45) is 0.813. The second-order valence-electron chi connectivity index (χ2n) is 8.08. The first-order valence-corrected chi connectivity index (χ1v) is 10.5. The first kappa shape index (κ1) is 20.2. The molecule has 5 rings (SSSR count). The number of carbonyl (C=O) groups excluding carboxylic acids is 1. The Morgan fingerprint density at radius 2 is 1.56 bits per heavy atom. The van der Waals surface area contributed by atoms with Crippen LogP contribution in [0.2, 0.25) is 0 Å². The zero-order valence-corrected chi connectivity index (χ0v) is 17.5. The number of ether oxygens (including phenoxy) is 1. The van der Waals surface area contributed by atoms with E-state index in [1.54, 1.807) is 7.11 Å². The molecule has 2 N–H and O–H groups in total. The van der Waals surface area contributed by atoms with Gasteiger partial charge in [-0.25, -0.2) is 8.78 Å². The number of ketones is 1. The van der Waals surface area contributed by atoms with E-state index in [-0.39, 0.29) is 23.7 Å². The number of fused-ring (bicyclic) bond motifs is 1. The molecule has 0 unspecified atom stereocenters. The van der Waals surface area contributed by atoms with Crippen molar-refractivity contribution in [2.24, 2.45) is 0 Å². The molecule has 162 valence electrons. The molecule has 2 atom stereocenters. The summed E-state index contributed by atoms with van der Waals surface area (Å²) >= 11 is 0. The van der Waals surface area contributed by atoms with Gasteiger partial charge < -0.3 is 15.4 Å². The molecule has 0 radical (unpaired) electrons. The number of anilines is 2. The molecule has 6 heteroatoms. The van der Waals surface area contributed by atoms with Crippen LogP contribution in [-0.4, -0.2) is 12.9 Å². The minimum absolute atomic E-state index is 0.0453. The average molecular weight is 432 g/mol. The second-order valence-corrected chi connectivity index (χ2v) is 8.08. The first-order valence-electron chi connectivity index (χ1n) is 10.5. The van der Waals surface area contributed by atoms with Gasteiger partial charge in [0.15, 0.2) is 5.78 Å². The highest BCUT2D eigenvalue weighted by molar-refractivity contribution is 6.01. The summed E-state index contributed by atoms with van der Waals surface area (Å²) in [5.41, 5.74) is 3.40. The van der Waals surface area contributed by atoms with E-state index in [1.165, 1.54) is 18.2 Å². The SMILES string of the molecule is COc1ccc([C@@H]2CC(=O)C3=C(C2)Nc2ccccc2N[C@H]3c2c(F)cccc2F)cc1. The van der Waals surface area contributed by atoms with Gasteiger partial charge in [0.05, 0.1) is 30.1 Å². The summed E-state index contributed by atoms with van der Waals surface area (Å²) in [7, 11) is 1.61. The van der Waals surface area contributed by atoms with Crippen molar-refractivity contribution in [1.29, 1.82) is 0 Å². The lowest BCUT2D eigenvalue weighted by molar-refractivity contribution is -0.116. The van der Waals surface area contributed by atoms with E-state index in [1.807, 2.05) is 48.5 Å². The maximum atomic E-state index is 14.8. The lowest BCUT2D eigenvalue weighted by Crippen LogP contribution is -2.28. The number of Topliss-reactive ketones (excluding diaryl/α,β-unsaturated/α-hetero) is 1. The Hall–Kier alpha value is -3.67. The Morgan fingerprint density at radius 1 is 0.875 bits per heavy atom. The number of methoxy groups -OCH3 is 1. The Labute approximate surface area is 184 Å². The smallest absolute Gasteiger partial charge is 0.163 e. The fourth-order valence-electron chi connectivity index (χ4n) is 4.61. The molecule has 0 bridgehead atoms. The van der Waals surface area contributed by atoms with E-state index < -0.39 is 17.7 Å². The molecule has 1 aliphatic carbocycles. The van der Waals surface area contributed by atoms with Gasteiger partial charge in [-0.1, -0.05) is 30.3 Å².